The van der Waals surface area contributed by atoms with E-state index in [2.05, 4.69) is 4.40 Å². The van der Waals surface area contributed by atoms with Gasteiger partial charge in [-0.25, -0.2) is 0 Å². The van der Waals surface area contributed by atoms with Gasteiger partial charge in [0.1, 0.15) is 6.61 Å². The van der Waals surface area contributed by atoms with Gasteiger partial charge >= 0.3 is 0 Å². The molecule has 1 aliphatic rings. The molecule has 4 rings (SSSR count). The van der Waals surface area contributed by atoms with Gasteiger partial charge in [0.05, 0.1) is 16.9 Å². The summed E-state index contributed by atoms with van der Waals surface area (Å²) in [7, 11) is -0.874. The predicted molar refractivity (Wildman–Crippen MR) is 149 cm³/mol. The Morgan fingerprint density at radius 2 is 1.66 bits per heavy atom. The zero-order chi connectivity index (χ0) is 27.0. The number of rotatable bonds is 11. The molecule has 1 aliphatic heterocycles. The van der Waals surface area contributed by atoms with Crippen LogP contribution in [0.15, 0.2) is 93.1 Å². The Hall–Kier alpha value is -3.60. The van der Waals surface area contributed by atoms with Crippen molar-refractivity contribution in [2.75, 3.05) is 27.4 Å². The van der Waals surface area contributed by atoms with Gasteiger partial charge in [-0.05, 0) is 59.7 Å². The second kappa shape index (κ2) is 12.8. The maximum absolute atomic E-state index is 13.3. The Labute approximate surface area is 227 Å². The van der Waals surface area contributed by atoms with E-state index in [4.69, 9.17) is 14.2 Å². The van der Waals surface area contributed by atoms with Crippen LogP contribution in [0.4, 0.5) is 0 Å². The number of amides is 1. The number of nitrogens with zero attached hydrogens (tertiary/aromatic N) is 2. The molecule has 0 spiro atoms. The number of thioether (sulfide) groups is 1. The van der Waals surface area contributed by atoms with Crippen molar-refractivity contribution in [3.8, 4) is 11.5 Å². The fourth-order valence-electron chi connectivity index (χ4n) is 3.67. The van der Waals surface area contributed by atoms with Crippen molar-refractivity contribution >= 4 is 38.9 Å². The zero-order valence-electron chi connectivity index (χ0n) is 21.1. The van der Waals surface area contributed by atoms with E-state index in [1.807, 2.05) is 36.4 Å². The van der Waals surface area contributed by atoms with E-state index in [0.29, 0.717) is 41.6 Å². The highest BCUT2D eigenvalue weighted by molar-refractivity contribution is 8.19. The number of methoxy groups -OCH3 is 2. The molecule has 1 heterocycles. The number of hydrogen-bond acceptors (Lipinski definition) is 7. The van der Waals surface area contributed by atoms with Crippen molar-refractivity contribution in [2.24, 2.45) is 4.40 Å². The summed E-state index contributed by atoms with van der Waals surface area (Å²) in [5, 5.41) is 0.107. The van der Waals surface area contributed by atoms with E-state index >= 15 is 0 Å². The third-order valence-electron chi connectivity index (χ3n) is 5.58. The monoisotopic (exact) mass is 552 g/mol. The average Bonchev–Trinajstić information content (AvgIpc) is 3.21. The van der Waals surface area contributed by atoms with Crippen molar-refractivity contribution in [2.45, 2.75) is 17.9 Å². The van der Waals surface area contributed by atoms with Crippen LogP contribution >= 0.6 is 11.8 Å². The molecule has 0 N–H and O–H groups in total. The zero-order valence-corrected chi connectivity index (χ0v) is 22.7. The lowest BCUT2D eigenvalue weighted by atomic mass is 10.1. The minimum absolute atomic E-state index is 0.0608. The highest BCUT2D eigenvalue weighted by atomic mass is 32.2. The molecule has 1 fully saturated rings. The van der Waals surface area contributed by atoms with Gasteiger partial charge in [-0.2, -0.15) is 8.42 Å². The highest BCUT2D eigenvalue weighted by Crippen LogP contribution is 2.36. The van der Waals surface area contributed by atoms with Crippen LogP contribution in [0.25, 0.3) is 6.08 Å². The molecule has 0 radical (unpaired) electrons. The summed E-state index contributed by atoms with van der Waals surface area (Å²) in [5.74, 6) is 0.765. The SMILES string of the molecule is COCCCN1C(=O)C(=Cc2ccc(OCc3ccccc3)c(OC)c2)SC1=NS(=O)(=O)c1ccccc1. The Balaban J connectivity index is 1.59. The molecule has 0 unspecified atom stereocenters. The third-order valence-corrected chi connectivity index (χ3v) is 7.98. The van der Waals surface area contributed by atoms with Crippen molar-refractivity contribution in [1.82, 2.24) is 4.90 Å². The van der Waals surface area contributed by atoms with Crippen LogP contribution in [0.3, 0.4) is 0 Å². The van der Waals surface area contributed by atoms with Crippen LogP contribution in [0.1, 0.15) is 17.5 Å². The number of amidine groups is 1. The smallest absolute Gasteiger partial charge is 0.284 e. The number of ether oxygens (including phenoxy) is 3. The number of carbonyl (C=O) groups is 1. The highest BCUT2D eigenvalue weighted by Gasteiger charge is 2.34. The first-order valence-corrected chi connectivity index (χ1v) is 14.1. The van der Waals surface area contributed by atoms with E-state index in [0.717, 1.165) is 17.3 Å². The van der Waals surface area contributed by atoms with Crippen LogP contribution in [-0.2, 0) is 26.2 Å². The van der Waals surface area contributed by atoms with Crippen LogP contribution in [-0.4, -0.2) is 51.8 Å². The minimum atomic E-state index is -3.99. The first-order chi connectivity index (χ1) is 18.4. The largest absolute Gasteiger partial charge is 0.493 e. The van der Waals surface area contributed by atoms with Crippen molar-refractivity contribution in [3.05, 3.63) is 94.9 Å². The Kier molecular flexibility index (Phi) is 9.22. The molecule has 0 bridgehead atoms. The molecular weight excluding hydrogens is 524 g/mol. The number of sulfonamides is 1. The summed E-state index contributed by atoms with van der Waals surface area (Å²) < 4.78 is 46.4. The summed E-state index contributed by atoms with van der Waals surface area (Å²) in [6, 6.07) is 23.1. The van der Waals surface area contributed by atoms with Crippen LogP contribution in [0, 0.1) is 0 Å². The molecule has 38 heavy (non-hydrogen) atoms. The Morgan fingerprint density at radius 1 is 0.947 bits per heavy atom. The Bertz CT molecular complexity index is 1420. The van der Waals surface area contributed by atoms with Gasteiger partial charge in [-0.3, -0.25) is 9.69 Å². The molecule has 0 aromatic heterocycles. The summed E-state index contributed by atoms with van der Waals surface area (Å²) in [6.45, 7) is 1.09. The minimum Gasteiger partial charge on any atom is -0.493 e. The summed E-state index contributed by atoms with van der Waals surface area (Å²) in [4.78, 5) is 15.1. The molecule has 3 aromatic rings. The number of benzene rings is 3. The van der Waals surface area contributed by atoms with Crippen LogP contribution < -0.4 is 9.47 Å². The predicted octanol–water partition coefficient (Wildman–Crippen LogP) is 4.97. The van der Waals surface area contributed by atoms with Gasteiger partial charge in [0.2, 0.25) is 0 Å². The van der Waals surface area contributed by atoms with E-state index in [1.54, 1.807) is 50.6 Å². The summed E-state index contributed by atoms with van der Waals surface area (Å²) >= 11 is 1.02. The molecule has 198 valence electrons. The molecule has 3 aromatic carbocycles. The van der Waals surface area contributed by atoms with E-state index < -0.39 is 10.0 Å². The lowest BCUT2D eigenvalue weighted by Crippen LogP contribution is -2.31. The van der Waals surface area contributed by atoms with Gasteiger partial charge in [-0.15, -0.1) is 4.40 Å². The fourth-order valence-corrected chi connectivity index (χ4v) is 5.90. The standard InChI is InChI=1S/C28H28N2O6S2/c1-34-17-9-16-30-27(31)26(37-28(30)29-38(32,33)23-12-7-4-8-13-23)19-22-14-15-24(25(18-22)35-2)36-20-21-10-5-3-6-11-21/h3-8,10-15,18-19H,9,16-17,20H2,1-2H3. The van der Waals surface area contributed by atoms with Crippen molar-refractivity contribution in [3.63, 3.8) is 0 Å². The fraction of sp³-hybridized carbons (Fsp3) is 0.214. The topological polar surface area (TPSA) is 94.5 Å². The maximum atomic E-state index is 13.3. The van der Waals surface area contributed by atoms with E-state index in [1.165, 1.54) is 17.0 Å². The number of hydrogen-bond donors (Lipinski definition) is 0. The lowest BCUT2D eigenvalue weighted by molar-refractivity contribution is -0.122. The molecule has 0 aliphatic carbocycles. The number of carbonyl (C=O) groups excluding carboxylic acids is 1. The first kappa shape index (κ1) is 27.4. The van der Waals surface area contributed by atoms with Gasteiger partial charge in [-0.1, -0.05) is 54.6 Å². The van der Waals surface area contributed by atoms with E-state index in [-0.39, 0.29) is 22.5 Å². The van der Waals surface area contributed by atoms with Gasteiger partial charge in [0.15, 0.2) is 16.7 Å². The lowest BCUT2D eigenvalue weighted by Gasteiger charge is -2.15. The normalized spacial score (nSPS) is 15.8. The molecule has 10 heteroatoms. The second-order valence-electron chi connectivity index (χ2n) is 8.26. The third kappa shape index (κ3) is 6.83. The molecular formula is C28H28N2O6S2. The van der Waals surface area contributed by atoms with Gasteiger partial charge in [0, 0.05) is 20.3 Å². The first-order valence-electron chi connectivity index (χ1n) is 11.9. The molecule has 1 saturated heterocycles. The van der Waals surface area contributed by atoms with Gasteiger partial charge < -0.3 is 14.2 Å². The van der Waals surface area contributed by atoms with Crippen molar-refractivity contribution in [1.29, 1.82) is 0 Å². The quantitative estimate of drug-likeness (QED) is 0.245. The maximum Gasteiger partial charge on any atom is 0.284 e. The second-order valence-corrected chi connectivity index (χ2v) is 10.9. The summed E-state index contributed by atoms with van der Waals surface area (Å²) in [6.07, 6.45) is 2.22. The van der Waals surface area contributed by atoms with Crippen LogP contribution in [0.5, 0.6) is 11.5 Å². The van der Waals surface area contributed by atoms with Gasteiger partial charge in [0.25, 0.3) is 15.9 Å². The molecule has 0 atom stereocenters. The summed E-state index contributed by atoms with van der Waals surface area (Å²) in [5.41, 5.74) is 1.73. The van der Waals surface area contributed by atoms with E-state index in [9.17, 15) is 13.2 Å². The van der Waals surface area contributed by atoms with Crippen LogP contribution in [0.2, 0.25) is 0 Å². The average molecular weight is 553 g/mol. The molecule has 8 nitrogen and oxygen atoms in total. The molecule has 0 saturated carbocycles. The Morgan fingerprint density at radius 3 is 2.34 bits per heavy atom. The van der Waals surface area contributed by atoms with Crippen molar-refractivity contribution < 1.29 is 27.4 Å². The molecule has 1 amide bonds.